The number of nitrogens with one attached hydrogen (secondary N) is 1. The van der Waals surface area contributed by atoms with Crippen molar-refractivity contribution in [2.24, 2.45) is 0 Å². The molecule has 1 rings (SSSR count). The molecule has 2 N–H and O–H groups in total. The molecule has 0 aliphatic carbocycles. The zero-order chi connectivity index (χ0) is 15.3. The van der Waals surface area contributed by atoms with Gasteiger partial charge >= 0.3 is 5.97 Å². The summed E-state index contributed by atoms with van der Waals surface area (Å²) < 4.78 is 0. The van der Waals surface area contributed by atoms with Crippen LogP contribution in [0, 0.1) is 22.5 Å². The molecule has 1 aromatic carbocycles. The molecule has 1 atom stereocenters. The number of nitro benzene ring substituents is 1. The molecule has 20 heavy (non-hydrogen) atoms. The van der Waals surface area contributed by atoms with Crippen LogP contribution in [0.25, 0.3) is 0 Å². The quantitative estimate of drug-likeness (QED) is 0.485. The Morgan fingerprint density at radius 2 is 2.20 bits per heavy atom. The minimum Gasteiger partial charge on any atom is -0.480 e. The lowest BCUT2D eigenvalue weighted by Crippen LogP contribution is -2.40. The Bertz CT molecular complexity index is 608. The molecular weight excluding hydrogens is 288 g/mol. The van der Waals surface area contributed by atoms with Crippen LogP contribution in [-0.4, -0.2) is 27.9 Å². The van der Waals surface area contributed by atoms with E-state index < -0.39 is 34.1 Å². The summed E-state index contributed by atoms with van der Waals surface area (Å²) in [6.45, 7) is 0. The average Bonchev–Trinajstić information content (AvgIpc) is 2.37. The minimum absolute atomic E-state index is 0.151. The van der Waals surface area contributed by atoms with Crippen LogP contribution in [0.3, 0.4) is 0 Å². The van der Waals surface area contributed by atoms with Gasteiger partial charge in [-0.3, -0.25) is 14.9 Å². The van der Waals surface area contributed by atoms with Gasteiger partial charge in [-0.2, -0.15) is 0 Å². The maximum Gasteiger partial charge on any atom is 0.327 e. The summed E-state index contributed by atoms with van der Waals surface area (Å²) >= 11 is 5.76. The zero-order valence-electron chi connectivity index (χ0n) is 10.00. The number of carboxylic acids is 1. The number of hydrogen-bond donors (Lipinski definition) is 2. The van der Waals surface area contributed by atoms with E-state index in [0.717, 1.165) is 6.07 Å². The number of carbonyl (C=O) groups excluding carboxylic acids is 1. The first-order chi connectivity index (χ1) is 9.38. The average molecular weight is 297 g/mol. The molecule has 0 aromatic heterocycles. The van der Waals surface area contributed by atoms with E-state index in [4.69, 9.17) is 23.1 Å². The number of benzene rings is 1. The van der Waals surface area contributed by atoms with E-state index in [1.54, 1.807) is 0 Å². The molecule has 0 radical (unpaired) electrons. The van der Waals surface area contributed by atoms with Gasteiger partial charge in [-0.1, -0.05) is 17.7 Å². The third kappa shape index (κ3) is 3.46. The van der Waals surface area contributed by atoms with Gasteiger partial charge in [-0.05, 0) is 6.07 Å². The number of amides is 1. The molecule has 7 nitrogen and oxygen atoms in total. The van der Waals surface area contributed by atoms with E-state index in [1.165, 1.54) is 12.1 Å². The second-order valence-corrected chi connectivity index (χ2v) is 4.07. The molecule has 1 aromatic rings. The summed E-state index contributed by atoms with van der Waals surface area (Å²) in [6.07, 6.45) is 4.74. The molecule has 0 fully saturated rings. The van der Waals surface area contributed by atoms with E-state index in [2.05, 4.69) is 11.2 Å². The molecule has 104 valence electrons. The van der Waals surface area contributed by atoms with Crippen molar-refractivity contribution in [2.75, 3.05) is 0 Å². The fourth-order valence-corrected chi connectivity index (χ4v) is 1.69. The normalized spacial score (nSPS) is 11.2. The van der Waals surface area contributed by atoms with Crippen molar-refractivity contribution in [3.63, 3.8) is 0 Å². The van der Waals surface area contributed by atoms with Crippen molar-refractivity contribution in [2.45, 2.75) is 12.5 Å². The summed E-state index contributed by atoms with van der Waals surface area (Å²) in [4.78, 5) is 32.9. The van der Waals surface area contributed by atoms with E-state index in [1.807, 2.05) is 0 Å². The lowest BCUT2D eigenvalue weighted by atomic mass is 10.1. The van der Waals surface area contributed by atoms with Gasteiger partial charge in [0.05, 0.1) is 9.95 Å². The Morgan fingerprint density at radius 1 is 1.55 bits per heavy atom. The fraction of sp³-hybridized carbons (Fsp3) is 0.167. The summed E-state index contributed by atoms with van der Waals surface area (Å²) in [5.41, 5.74) is -0.915. The number of nitro groups is 1. The number of carboxylic acid groups (broad SMARTS) is 1. The standard InChI is InChI=1S/C12H9ClN2O5/c1-2-4-8(12(17)18)14-11(16)10-7(13)5-3-6-9(10)15(19)20/h1,3,5-6,8H,4H2,(H,14,16)(H,17,18). The van der Waals surface area contributed by atoms with Crippen molar-refractivity contribution < 1.29 is 19.6 Å². The Kier molecular flexibility index (Phi) is 5.06. The van der Waals surface area contributed by atoms with Crippen LogP contribution in [0.5, 0.6) is 0 Å². The van der Waals surface area contributed by atoms with Crippen LogP contribution < -0.4 is 5.32 Å². The van der Waals surface area contributed by atoms with Crippen molar-refractivity contribution in [1.29, 1.82) is 0 Å². The van der Waals surface area contributed by atoms with Crippen molar-refractivity contribution in [3.05, 3.63) is 38.9 Å². The van der Waals surface area contributed by atoms with Crippen LogP contribution in [0.15, 0.2) is 18.2 Å². The Labute approximate surface area is 118 Å². The monoisotopic (exact) mass is 296 g/mol. The largest absolute Gasteiger partial charge is 0.480 e. The van der Waals surface area contributed by atoms with Gasteiger partial charge in [0.25, 0.3) is 11.6 Å². The van der Waals surface area contributed by atoms with Crippen LogP contribution in [-0.2, 0) is 4.79 Å². The van der Waals surface area contributed by atoms with Crippen LogP contribution >= 0.6 is 11.6 Å². The van der Waals surface area contributed by atoms with Crippen molar-refractivity contribution in [1.82, 2.24) is 5.32 Å². The van der Waals surface area contributed by atoms with Gasteiger partial charge < -0.3 is 10.4 Å². The van der Waals surface area contributed by atoms with Crippen molar-refractivity contribution in [3.8, 4) is 12.3 Å². The highest BCUT2D eigenvalue weighted by molar-refractivity contribution is 6.34. The number of hydrogen-bond acceptors (Lipinski definition) is 4. The van der Waals surface area contributed by atoms with E-state index in [0.29, 0.717) is 0 Å². The van der Waals surface area contributed by atoms with Crippen LogP contribution in [0.1, 0.15) is 16.8 Å². The van der Waals surface area contributed by atoms with Gasteiger partial charge in [0.1, 0.15) is 11.6 Å². The third-order valence-electron chi connectivity index (χ3n) is 2.34. The number of carbonyl (C=O) groups is 2. The topological polar surface area (TPSA) is 110 Å². The molecule has 0 bridgehead atoms. The van der Waals surface area contributed by atoms with Gasteiger partial charge in [0.15, 0.2) is 0 Å². The van der Waals surface area contributed by atoms with Gasteiger partial charge in [0.2, 0.25) is 0 Å². The second kappa shape index (κ2) is 6.54. The fourth-order valence-electron chi connectivity index (χ4n) is 1.44. The highest BCUT2D eigenvalue weighted by Gasteiger charge is 2.27. The molecule has 0 heterocycles. The first-order valence-electron chi connectivity index (χ1n) is 5.28. The maximum absolute atomic E-state index is 11.9. The van der Waals surface area contributed by atoms with Crippen LogP contribution in [0.2, 0.25) is 5.02 Å². The zero-order valence-corrected chi connectivity index (χ0v) is 10.8. The molecule has 0 saturated carbocycles. The Morgan fingerprint density at radius 3 is 2.70 bits per heavy atom. The molecule has 1 unspecified atom stereocenters. The molecule has 0 aliphatic heterocycles. The lowest BCUT2D eigenvalue weighted by molar-refractivity contribution is -0.385. The third-order valence-corrected chi connectivity index (χ3v) is 2.66. The molecular formula is C12H9ClN2O5. The Hall–Kier alpha value is -2.59. The van der Waals surface area contributed by atoms with E-state index in [9.17, 15) is 19.7 Å². The molecule has 0 aliphatic rings. The van der Waals surface area contributed by atoms with Gasteiger partial charge in [-0.25, -0.2) is 4.79 Å². The first-order valence-corrected chi connectivity index (χ1v) is 5.66. The highest BCUT2D eigenvalue weighted by Crippen LogP contribution is 2.26. The predicted molar refractivity (Wildman–Crippen MR) is 70.4 cm³/mol. The highest BCUT2D eigenvalue weighted by atomic mass is 35.5. The number of nitrogens with zero attached hydrogens (tertiary/aromatic N) is 1. The lowest BCUT2D eigenvalue weighted by Gasteiger charge is -2.12. The molecule has 8 heteroatoms. The van der Waals surface area contributed by atoms with Crippen molar-refractivity contribution >= 4 is 29.2 Å². The number of terminal acetylenes is 1. The summed E-state index contributed by atoms with van der Waals surface area (Å²) in [6, 6.07) is 2.36. The molecule has 1 amide bonds. The number of rotatable bonds is 5. The second-order valence-electron chi connectivity index (χ2n) is 3.66. The Balaban J connectivity index is 3.12. The number of aliphatic carboxylic acids is 1. The first kappa shape index (κ1) is 15.5. The van der Waals surface area contributed by atoms with E-state index in [-0.39, 0.29) is 11.4 Å². The van der Waals surface area contributed by atoms with Gasteiger partial charge in [-0.15, -0.1) is 12.3 Å². The predicted octanol–water partition coefficient (Wildman–Crippen LogP) is 1.45. The molecule has 0 spiro atoms. The van der Waals surface area contributed by atoms with E-state index >= 15 is 0 Å². The maximum atomic E-state index is 11.9. The summed E-state index contributed by atoms with van der Waals surface area (Å²) in [5, 5.41) is 21.7. The SMILES string of the molecule is C#CCC(NC(=O)c1c(Cl)cccc1[N+](=O)[O-])C(=O)O. The van der Waals surface area contributed by atoms with Crippen LogP contribution in [0.4, 0.5) is 5.69 Å². The molecule has 0 saturated heterocycles. The van der Waals surface area contributed by atoms with Gasteiger partial charge in [0, 0.05) is 12.5 Å². The summed E-state index contributed by atoms with van der Waals surface area (Å²) in [5.74, 6) is -0.214. The summed E-state index contributed by atoms with van der Waals surface area (Å²) in [7, 11) is 0. The minimum atomic E-state index is -1.34. The smallest absolute Gasteiger partial charge is 0.327 e. The number of halogens is 1.